The lowest BCUT2D eigenvalue weighted by Gasteiger charge is -2.25. The summed E-state index contributed by atoms with van der Waals surface area (Å²) in [5.41, 5.74) is 0.268. The molecule has 1 amide bonds. The molecule has 1 N–H and O–H groups in total. The molecule has 0 aliphatic rings. The van der Waals surface area contributed by atoms with Crippen molar-refractivity contribution in [2.45, 2.75) is 26.0 Å². The van der Waals surface area contributed by atoms with E-state index in [-0.39, 0.29) is 24.1 Å². The van der Waals surface area contributed by atoms with Crippen molar-refractivity contribution in [3.05, 3.63) is 59.3 Å². The molecule has 0 fully saturated rings. The second kappa shape index (κ2) is 8.71. The van der Waals surface area contributed by atoms with Gasteiger partial charge in [-0.15, -0.1) is 0 Å². The number of ether oxygens (including phenoxy) is 1. The molecule has 0 bridgehead atoms. The van der Waals surface area contributed by atoms with Gasteiger partial charge in [-0.3, -0.25) is 4.79 Å². The zero-order valence-electron chi connectivity index (χ0n) is 15.3. The highest BCUT2D eigenvalue weighted by molar-refractivity contribution is 5.93. The third kappa shape index (κ3) is 4.98. The smallest absolute Gasteiger partial charge is 0.252 e. The number of hydrogen-bond donors (Lipinski definition) is 1. The fourth-order valence-corrected chi connectivity index (χ4v) is 2.49. The zero-order chi connectivity index (χ0) is 19.3. The quantitative estimate of drug-likeness (QED) is 0.821. The lowest BCUT2D eigenvalue weighted by Crippen LogP contribution is -2.35. The molecule has 0 spiro atoms. The first-order chi connectivity index (χ1) is 12.3. The minimum atomic E-state index is -0.644. The van der Waals surface area contributed by atoms with Crippen LogP contribution in [0.15, 0.2) is 36.5 Å². The van der Waals surface area contributed by atoms with E-state index in [0.717, 1.165) is 0 Å². The summed E-state index contributed by atoms with van der Waals surface area (Å²) >= 11 is 0. The van der Waals surface area contributed by atoms with Crippen LogP contribution in [0.4, 0.5) is 8.78 Å². The number of rotatable bonds is 7. The Balaban J connectivity index is 2.08. The number of aromatic nitrogens is 1. The van der Waals surface area contributed by atoms with Crippen LogP contribution in [0.1, 0.15) is 35.8 Å². The topological polar surface area (TPSA) is 54.5 Å². The van der Waals surface area contributed by atoms with Gasteiger partial charge in [-0.05, 0) is 46.1 Å². The van der Waals surface area contributed by atoms with Crippen molar-refractivity contribution in [3.8, 4) is 5.88 Å². The molecule has 2 rings (SSSR count). The standard InChI is InChI=1S/C19H23F2N3O2/c1-12(2)26-17-9-8-13(10-22-17)19(25)23-11-16(24(3)4)18-14(20)6-5-7-15(18)21/h5-10,12,16H,11H2,1-4H3,(H,23,25). The maximum absolute atomic E-state index is 14.1. The monoisotopic (exact) mass is 363 g/mol. The number of hydrogen-bond acceptors (Lipinski definition) is 4. The van der Waals surface area contributed by atoms with E-state index in [1.165, 1.54) is 24.4 Å². The molecule has 0 aliphatic carbocycles. The molecule has 1 heterocycles. The molecule has 0 radical (unpaired) electrons. The fourth-order valence-electron chi connectivity index (χ4n) is 2.49. The lowest BCUT2D eigenvalue weighted by atomic mass is 10.0. The number of nitrogens with one attached hydrogen (secondary N) is 1. The van der Waals surface area contributed by atoms with Crippen molar-refractivity contribution in [2.75, 3.05) is 20.6 Å². The van der Waals surface area contributed by atoms with Crippen LogP contribution in [0.5, 0.6) is 5.88 Å². The van der Waals surface area contributed by atoms with E-state index in [2.05, 4.69) is 10.3 Å². The molecule has 1 unspecified atom stereocenters. The molecule has 1 atom stereocenters. The zero-order valence-corrected chi connectivity index (χ0v) is 15.3. The van der Waals surface area contributed by atoms with Crippen molar-refractivity contribution in [1.29, 1.82) is 0 Å². The van der Waals surface area contributed by atoms with Crippen molar-refractivity contribution < 1.29 is 18.3 Å². The molecule has 1 aromatic heterocycles. The number of benzene rings is 1. The van der Waals surface area contributed by atoms with Crippen LogP contribution in [0, 0.1) is 11.6 Å². The summed E-state index contributed by atoms with van der Waals surface area (Å²) in [7, 11) is 3.39. The van der Waals surface area contributed by atoms with Gasteiger partial charge in [0.15, 0.2) is 0 Å². The van der Waals surface area contributed by atoms with Crippen LogP contribution in [0.3, 0.4) is 0 Å². The number of pyridine rings is 1. The Bertz CT molecular complexity index is 729. The van der Waals surface area contributed by atoms with Gasteiger partial charge in [0.2, 0.25) is 5.88 Å². The van der Waals surface area contributed by atoms with Crippen LogP contribution in [-0.4, -0.2) is 42.5 Å². The number of nitrogens with zero attached hydrogens (tertiary/aromatic N) is 2. The maximum Gasteiger partial charge on any atom is 0.252 e. The van der Waals surface area contributed by atoms with Crippen LogP contribution in [-0.2, 0) is 0 Å². The third-order valence-corrected chi connectivity index (χ3v) is 3.77. The summed E-state index contributed by atoms with van der Waals surface area (Å²) < 4.78 is 33.5. The Morgan fingerprint density at radius 1 is 1.19 bits per heavy atom. The van der Waals surface area contributed by atoms with E-state index in [1.54, 1.807) is 31.1 Å². The van der Waals surface area contributed by atoms with Crippen molar-refractivity contribution in [3.63, 3.8) is 0 Å². The van der Waals surface area contributed by atoms with Crippen LogP contribution in [0.2, 0.25) is 0 Å². The third-order valence-electron chi connectivity index (χ3n) is 3.77. The van der Waals surface area contributed by atoms with Gasteiger partial charge < -0.3 is 15.0 Å². The molecule has 5 nitrogen and oxygen atoms in total. The first-order valence-corrected chi connectivity index (χ1v) is 8.30. The molecule has 0 aliphatic heterocycles. The van der Waals surface area contributed by atoms with E-state index in [4.69, 9.17) is 4.74 Å². The number of likely N-dealkylation sites (N-methyl/N-ethyl adjacent to an activating group) is 1. The van der Waals surface area contributed by atoms with E-state index in [0.29, 0.717) is 11.4 Å². The molecule has 7 heteroatoms. The Hall–Kier alpha value is -2.54. The second-order valence-corrected chi connectivity index (χ2v) is 6.38. The lowest BCUT2D eigenvalue weighted by molar-refractivity contribution is 0.0940. The van der Waals surface area contributed by atoms with E-state index >= 15 is 0 Å². The summed E-state index contributed by atoms with van der Waals surface area (Å²) in [6.07, 6.45) is 1.39. The Morgan fingerprint density at radius 2 is 1.85 bits per heavy atom. The van der Waals surface area contributed by atoms with Crippen molar-refractivity contribution in [1.82, 2.24) is 15.2 Å². The average molecular weight is 363 g/mol. The van der Waals surface area contributed by atoms with Crippen LogP contribution >= 0.6 is 0 Å². The Kier molecular flexibility index (Phi) is 6.63. The highest BCUT2D eigenvalue weighted by atomic mass is 19.1. The van der Waals surface area contributed by atoms with Crippen molar-refractivity contribution in [2.24, 2.45) is 0 Å². The van der Waals surface area contributed by atoms with E-state index in [9.17, 15) is 13.6 Å². The predicted molar refractivity (Wildman–Crippen MR) is 95.1 cm³/mol. The molecular formula is C19H23F2N3O2. The van der Waals surface area contributed by atoms with E-state index in [1.807, 2.05) is 13.8 Å². The van der Waals surface area contributed by atoms with E-state index < -0.39 is 17.7 Å². The minimum absolute atomic E-state index is 0.0151. The van der Waals surface area contributed by atoms with Gasteiger partial charge in [0.1, 0.15) is 11.6 Å². The van der Waals surface area contributed by atoms with Gasteiger partial charge in [0.25, 0.3) is 5.91 Å². The molecule has 0 saturated carbocycles. The summed E-state index contributed by atoms with van der Waals surface area (Å²) in [4.78, 5) is 18.0. The maximum atomic E-state index is 14.1. The summed E-state index contributed by atoms with van der Waals surface area (Å²) in [5, 5.41) is 2.70. The van der Waals surface area contributed by atoms with Gasteiger partial charge in [-0.25, -0.2) is 13.8 Å². The van der Waals surface area contributed by atoms with Crippen LogP contribution in [0.25, 0.3) is 0 Å². The van der Waals surface area contributed by atoms with Gasteiger partial charge in [0.05, 0.1) is 17.7 Å². The SMILES string of the molecule is CC(C)Oc1ccc(C(=O)NCC(c2c(F)cccc2F)N(C)C)cn1. The predicted octanol–water partition coefficient (Wildman–Crippen LogP) is 3.18. The first kappa shape index (κ1) is 19.8. The molecular weight excluding hydrogens is 340 g/mol. The Morgan fingerprint density at radius 3 is 2.35 bits per heavy atom. The molecule has 140 valence electrons. The highest BCUT2D eigenvalue weighted by Gasteiger charge is 2.23. The largest absolute Gasteiger partial charge is 0.475 e. The number of amides is 1. The molecule has 0 saturated heterocycles. The Labute approximate surface area is 152 Å². The number of carbonyl (C=O) groups is 1. The minimum Gasteiger partial charge on any atom is -0.475 e. The average Bonchev–Trinajstić information content (AvgIpc) is 2.57. The summed E-state index contributed by atoms with van der Waals surface area (Å²) in [5.74, 6) is -1.24. The fraction of sp³-hybridized carbons (Fsp3) is 0.368. The number of halogens is 2. The number of carbonyl (C=O) groups excluding carboxylic acids is 1. The van der Waals surface area contributed by atoms with Crippen molar-refractivity contribution >= 4 is 5.91 Å². The van der Waals surface area contributed by atoms with Gasteiger partial charge >= 0.3 is 0 Å². The highest BCUT2D eigenvalue weighted by Crippen LogP contribution is 2.24. The van der Waals surface area contributed by atoms with Gasteiger partial charge in [0, 0.05) is 24.4 Å². The van der Waals surface area contributed by atoms with Crippen LogP contribution < -0.4 is 10.1 Å². The molecule has 2 aromatic rings. The first-order valence-electron chi connectivity index (χ1n) is 8.30. The molecule has 26 heavy (non-hydrogen) atoms. The second-order valence-electron chi connectivity index (χ2n) is 6.38. The summed E-state index contributed by atoms with van der Waals surface area (Å²) in [6.45, 7) is 3.81. The van der Waals surface area contributed by atoms with Gasteiger partial charge in [-0.1, -0.05) is 6.07 Å². The normalized spacial score (nSPS) is 12.3. The van der Waals surface area contributed by atoms with Gasteiger partial charge in [-0.2, -0.15) is 0 Å². The molecule has 1 aromatic carbocycles. The summed E-state index contributed by atoms with van der Waals surface area (Å²) in [6, 6.07) is 6.27.